The van der Waals surface area contributed by atoms with Crippen LogP contribution in [-0.2, 0) is 13.0 Å². The SMILES string of the molecule is Fc1c(F)c(F)c(CNN=C(Cc2ccccc2)c2ccccc2)c(F)c1F. The molecule has 0 spiro atoms. The van der Waals surface area contributed by atoms with Gasteiger partial charge in [0, 0.05) is 6.42 Å². The minimum Gasteiger partial charge on any atom is -0.305 e. The molecule has 0 aliphatic heterocycles. The van der Waals surface area contributed by atoms with Crippen molar-refractivity contribution in [3.63, 3.8) is 0 Å². The molecule has 0 heterocycles. The Morgan fingerprint density at radius 3 is 1.75 bits per heavy atom. The molecule has 7 heteroatoms. The van der Waals surface area contributed by atoms with Gasteiger partial charge in [0.2, 0.25) is 5.82 Å². The fourth-order valence-corrected chi connectivity index (χ4v) is 2.65. The highest BCUT2D eigenvalue weighted by Crippen LogP contribution is 2.22. The van der Waals surface area contributed by atoms with E-state index in [0.717, 1.165) is 11.1 Å². The molecule has 28 heavy (non-hydrogen) atoms. The van der Waals surface area contributed by atoms with Crippen molar-refractivity contribution in [2.24, 2.45) is 5.10 Å². The van der Waals surface area contributed by atoms with Gasteiger partial charge in [0.1, 0.15) is 0 Å². The molecular formula is C21H15F5N2. The van der Waals surface area contributed by atoms with Crippen LogP contribution in [0.1, 0.15) is 16.7 Å². The third-order valence-corrected chi connectivity index (χ3v) is 4.09. The molecule has 1 N–H and O–H groups in total. The molecule has 0 saturated carbocycles. The largest absolute Gasteiger partial charge is 0.305 e. The van der Waals surface area contributed by atoms with Crippen LogP contribution in [0, 0.1) is 29.1 Å². The minimum atomic E-state index is -2.18. The van der Waals surface area contributed by atoms with Gasteiger partial charge in [0.25, 0.3) is 0 Å². The predicted octanol–water partition coefficient (Wildman–Crippen LogP) is 5.12. The second-order valence-corrected chi connectivity index (χ2v) is 5.97. The van der Waals surface area contributed by atoms with Gasteiger partial charge in [-0.15, -0.1) is 0 Å². The Morgan fingerprint density at radius 2 is 1.18 bits per heavy atom. The van der Waals surface area contributed by atoms with E-state index in [-0.39, 0.29) is 0 Å². The summed E-state index contributed by atoms with van der Waals surface area (Å²) in [6, 6.07) is 18.4. The first-order valence-corrected chi connectivity index (χ1v) is 8.38. The zero-order valence-electron chi connectivity index (χ0n) is 14.5. The summed E-state index contributed by atoms with van der Waals surface area (Å²) < 4.78 is 67.3. The van der Waals surface area contributed by atoms with E-state index < -0.39 is 41.2 Å². The Bertz CT molecular complexity index is 960. The van der Waals surface area contributed by atoms with Gasteiger partial charge < -0.3 is 5.43 Å². The molecule has 0 atom stereocenters. The second kappa shape index (κ2) is 8.65. The van der Waals surface area contributed by atoms with Crippen LogP contribution in [-0.4, -0.2) is 5.71 Å². The summed E-state index contributed by atoms with van der Waals surface area (Å²) in [7, 11) is 0. The third-order valence-electron chi connectivity index (χ3n) is 4.09. The van der Waals surface area contributed by atoms with Gasteiger partial charge in [-0.25, -0.2) is 22.0 Å². The summed E-state index contributed by atoms with van der Waals surface area (Å²) in [5.41, 5.74) is 3.72. The second-order valence-electron chi connectivity index (χ2n) is 5.97. The normalized spacial score (nSPS) is 11.5. The molecule has 3 aromatic rings. The fourth-order valence-electron chi connectivity index (χ4n) is 2.65. The van der Waals surface area contributed by atoms with Crippen molar-refractivity contribution in [1.82, 2.24) is 5.43 Å². The number of hydrogen-bond acceptors (Lipinski definition) is 2. The zero-order chi connectivity index (χ0) is 20.1. The van der Waals surface area contributed by atoms with Crippen molar-refractivity contribution in [3.05, 3.63) is 106 Å². The Hall–Kier alpha value is -3.22. The van der Waals surface area contributed by atoms with Crippen molar-refractivity contribution in [1.29, 1.82) is 0 Å². The summed E-state index contributed by atoms with van der Waals surface area (Å²) in [5, 5.41) is 4.14. The molecule has 0 fully saturated rings. The molecular weight excluding hydrogens is 375 g/mol. The molecule has 0 unspecified atom stereocenters. The maximum absolute atomic E-state index is 13.8. The lowest BCUT2D eigenvalue weighted by atomic mass is 10.0. The van der Waals surface area contributed by atoms with E-state index in [1.54, 1.807) is 12.1 Å². The van der Waals surface area contributed by atoms with Crippen LogP contribution >= 0.6 is 0 Å². The summed E-state index contributed by atoms with van der Waals surface area (Å²) in [4.78, 5) is 0. The van der Waals surface area contributed by atoms with Crippen molar-refractivity contribution in [2.75, 3.05) is 0 Å². The highest BCUT2D eigenvalue weighted by Gasteiger charge is 2.25. The molecule has 0 amide bonds. The predicted molar refractivity (Wildman–Crippen MR) is 96.2 cm³/mol. The Balaban J connectivity index is 1.87. The van der Waals surface area contributed by atoms with Gasteiger partial charge in [-0.2, -0.15) is 5.10 Å². The topological polar surface area (TPSA) is 24.4 Å². The van der Waals surface area contributed by atoms with Crippen molar-refractivity contribution in [3.8, 4) is 0 Å². The zero-order valence-corrected chi connectivity index (χ0v) is 14.5. The van der Waals surface area contributed by atoms with Crippen LogP contribution in [0.15, 0.2) is 65.8 Å². The average molecular weight is 390 g/mol. The van der Waals surface area contributed by atoms with Crippen LogP contribution in [0.25, 0.3) is 0 Å². The van der Waals surface area contributed by atoms with E-state index in [4.69, 9.17) is 0 Å². The molecule has 2 nitrogen and oxygen atoms in total. The lowest BCUT2D eigenvalue weighted by Crippen LogP contribution is -2.17. The number of nitrogens with one attached hydrogen (secondary N) is 1. The number of hydrogen-bond donors (Lipinski definition) is 1. The summed E-state index contributed by atoms with van der Waals surface area (Å²) in [5.74, 6) is -9.89. The molecule has 0 aromatic heterocycles. The van der Waals surface area contributed by atoms with E-state index in [9.17, 15) is 22.0 Å². The van der Waals surface area contributed by atoms with E-state index in [1.807, 2.05) is 48.5 Å². The lowest BCUT2D eigenvalue weighted by Gasteiger charge is -2.10. The highest BCUT2D eigenvalue weighted by atomic mass is 19.2. The molecule has 144 valence electrons. The van der Waals surface area contributed by atoms with E-state index in [0.29, 0.717) is 12.1 Å². The Morgan fingerprint density at radius 1 is 0.679 bits per heavy atom. The van der Waals surface area contributed by atoms with Gasteiger partial charge in [-0.1, -0.05) is 60.7 Å². The number of halogens is 5. The minimum absolute atomic E-state index is 0.412. The summed E-state index contributed by atoms with van der Waals surface area (Å²) >= 11 is 0. The van der Waals surface area contributed by atoms with Crippen LogP contribution in [0.2, 0.25) is 0 Å². The monoisotopic (exact) mass is 390 g/mol. The number of benzene rings is 3. The van der Waals surface area contributed by atoms with E-state index >= 15 is 0 Å². The maximum Gasteiger partial charge on any atom is 0.200 e. The van der Waals surface area contributed by atoms with E-state index in [2.05, 4.69) is 10.5 Å². The van der Waals surface area contributed by atoms with Gasteiger partial charge in [0.15, 0.2) is 23.3 Å². The number of rotatable bonds is 6. The van der Waals surface area contributed by atoms with Crippen molar-refractivity contribution in [2.45, 2.75) is 13.0 Å². The van der Waals surface area contributed by atoms with Gasteiger partial charge in [0.05, 0.1) is 17.8 Å². The van der Waals surface area contributed by atoms with E-state index in [1.165, 1.54) is 0 Å². The first-order chi connectivity index (χ1) is 13.5. The molecule has 3 aromatic carbocycles. The Labute approximate surface area is 158 Å². The standard InChI is InChI=1S/C21H15F5N2/c22-17-15(18(23)20(25)21(26)19(17)24)12-27-28-16(14-9-5-2-6-10-14)11-13-7-3-1-4-8-13/h1-10,27H,11-12H2. The van der Waals surface area contributed by atoms with Gasteiger partial charge in [-0.3, -0.25) is 0 Å². The van der Waals surface area contributed by atoms with Crippen LogP contribution in [0.3, 0.4) is 0 Å². The average Bonchev–Trinajstić information content (AvgIpc) is 2.74. The first-order valence-electron chi connectivity index (χ1n) is 8.38. The quantitative estimate of drug-likeness (QED) is 0.204. The molecule has 3 rings (SSSR count). The van der Waals surface area contributed by atoms with Gasteiger partial charge in [-0.05, 0) is 11.1 Å². The molecule has 0 aliphatic carbocycles. The maximum atomic E-state index is 13.8. The summed E-state index contributed by atoms with van der Waals surface area (Å²) in [6.07, 6.45) is 0.412. The summed E-state index contributed by atoms with van der Waals surface area (Å²) in [6.45, 7) is -0.656. The van der Waals surface area contributed by atoms with Crippen molar-refractivity contribution < 1.29 is 22.0 Å². The van der Waals surface area contributed by atoms with Crippen LogP contribution in [0.5, 0.6) is 0 Å². The smallest absolute Gasteiger partial charge is 0.200 e. The van der Waals surface area contributed by atoms with Crippen LogP contribution in [0.4, 0.5) is 22.0 Å². The fraction of sp³-hybridized carbons (Fsp3) is 0.0952. The number of nitrogens with zero attached hydrogens (tertiary/aromatic N) is 1. The van der Waals surface area contributed by atoms with Crippen molar-refractivity contribution >= 4 is 5.71 Å². The molecule has 0 bridgehead atoms. The number of hydrazone groups is 1. The Kier molecular flexibility index (Phi) is 6.03. The van der Waals surface area contributed by atoms with Gasteiger partial charge >= 0.3 is 0 Å². The third kappa shape index (κ3) is 4.19. The van der Waals surface area contributed by atoms with Crippen LogP contribution < -0.4 is 5.43 Å². The first kappa shape index (κ1) is 19.5. The highest BCUT2D eigenvalue weighted by molar-refractivity contribution is 6.01. The molecule has 0 saturated heterocycles. The molecule has 0 radical (unpaired) electrons. The molecule has 0 aliphatic rings. The lowest BCUT2D eigenvalue weighted by molar-refractivity contribution is 0.367.